The summed E-state index contributed by atoms with van der Waals surface area (Å²) in [5, 5.41) is 2.95. The van der Waals surface area contributed by atoms with Crippen LogP contribution in [0.3, 0.4) is 0 Å². The molecule has 3 heterocycles. The number of hydrogen-bond acceptors (Lipinski definition) is 6. The molecule has 4 rings (SSSR count). The van der Waals surface area contributed by atoms with Gasteiger partial charge in [-0.05, 0) is 43.5 Å². The van der Waals surface area contributed by atoms with Crippen LogP contribution < -0.4 is 21.7 Å². The van der Waals surface area contributed by atoms with Crippen molar-refractivity contribution in [3.05, 3.63) is 66.1 Å². The summed E-state index contributed by atoms with van der Waals surface area (Å²) >= 11 is 0. The molecule has 7 nitrogen and oxygen atoms in total. The van der Waals surface area contributed by atoms with Gasteiger partial charge < -0.3 is 21.7 Å². The lowest BCUT2D eigenvalue weighted by Crippen LogP contribution is -2.43. The molecular formula is C23H26N6O. The van der Waals surface area contributed by atoms with Gasteiger partial charge in [0.15, 0.2) is 5.69 Å². The molecule has 7 heteroatoms. The summed E-state index contributed by atoms with van der Waals surface area (Å²) in [6, 6.07) is 13.5. The fourth-order valence-electron chi connectivity index (χ4n) is 3.83. The highest BCUT2D eigenvalue weighted by atomic mass is 16.1. The molecule has 3 aromatic rings. The van der Waals surface area contributed by atoms with E-state index in [1.807, 2.05) is 43.3 Å². The maximum absolute atomic E-state index is 13.1. The number of piperidine rings is 1. The van der Waals surface area contributed by atoms with E-state index in [1.165, 1.54) is 0 Å². The number of amides is 1. The van der Waals surface area contributed by atoms with Crippen LogP contribution in [-0.2, 0) is 0 Å². The number of nitrogens with zero attached hydrogens (tertiary/aromatic N) is 3. The largest absolute Gasteiger partial charge is 0.397 e. The summed E-state index contributed by atoms with van der Waals surface area (Å²) in [5.74, 6) is -0.363. The molecule has 1 atom stereocenters. The number of anilines is 3. The molecule has 0 spiro atoms. The summed E-state index contributed by atoms with van der Waals surface area (Å²) < 4.78 is 0. The second-order valence-electron chi connectivity index (χ2n) is 7.64. The Morgan fingerprint density at radius 3 is 2.83 bits per heavy atom. The molecule has 0 radical (unpaired) electrons. The number of nitrogens with two attached hydrogens (primary N) is 2. The Morgan fingerprint density at radius 1 is 1.20 bits per heavy atom. The van der Waals surface area contributed by atoms with Crippen molar-refractivity contribution in [2.45, 2.75) is 25.8 Å². The van der Waals surface area contributed by atoms with Gasteiger partial charge in [-0.1, -0.05) is 24.3 Å². The molecule has 5 N–H and O–H groups in total. The first-order valence-electron chi connectivity index (χ1n) is 10.1. The molecule has 1 aliphatic rings. The minimum atomic E-state index is -0.363. The van der Waals surface area contributed by atoms with Crippen LogP contribution in [0.4, 0.5) is 17.1 Å². The molecule has 154 valence electrons. The minimum Gasteiger partial charge on any atom is -0.397 e. The lowest BCUT2D eigenvalue weighted by atomic mass is 10.0. The highest BCUT2D eigenvalue weighted by molar-refractivity contribution is 6.08. The number of nitrogen functional groups attached to an aromatic ring is 1. The predicted octanol–water partition coefficient (Wildman–Crippen LogP) is 3.21. The van der Waals surface area contributed by atoms with Crippen LogP contribution in [0.5, 0.6) is 0 Å². The third-order valence-corrected chi connectivity index (χ3v) is 5.41. The second-order valence-corrected chi connectivity index (χ2v) is 7.64. The van der Waals surface area contributed by atoms with Crippen molar-refractivity contribution < 1.29 is 4.79 Å². The van der Waals surface area contributed by atoms with E-state index < -0.39 is 0 Å². The summed E-state index contributed by atoms with van der Waals surface area (Å²) in [4.78, 5) is 24.0. The standard InChI is InChI=1S/C23H26N6O/c1-15-5-2-3-7-17(15)19-9-8-18(25)22(27-19)23(30)28-20-13-26-11-10-21(20)29-12-4-6-16(24)14-29/h2-3,5,7-11,13,16H,4,6,12,14,24-25H2,1H3,(H,28,30)/t16-/m0/s1. The van der Waals surface area contributed by atoms with Crippen molar-refractivity contribution in [3.63, 3.8) is 0 Å². The van der Waals surface area contributed by atoms with Crippen molar-refractivity contribution in [1.29, 1.82) is 0 Å². The van der Waals surface area contributed by atoms with Gasteiger partial charge in [0, 0.05) is 30.9 Å². The summed E-state index contributed by atoms with van der Waals surface area (Å²) in [6.45, 7) is 3.65. The molecule has 1 aromatic carbocycles. The van der Waals surface area contributed by atoms with Crippen molar-refractivity contribution in [3.8, 4) is 11.3 Å². The predicted molar refractivity (Wildman–Crippen MR) is 120 cm³/mol. The Kier molecular flexibility index (Phi) is 5.63. The fraction of sp³-hybridized carbons (Fsp3) is 0.261. The van der Waals surface area contributed by atoms with Crippen LogP contribution in [0.2, 0.25) is 0 Å². The van der Waals surface area contributed by atoms with Gasteiger partial charge in [-0.2, -0.15) is 0 Å². The zero-order valence-electron chi connectivity index (χ0n) is 17.0. The fourth-order valence-corrected chi connectivity index (χ4v) is 3.83. The smallest absolute Gasteiger partial charge is 0.276 e. The van der Waals surface area contributed by atoms with Gasteiger partial charge in [0.1, 0.15) is 0 Å². The Labute approximate surface area is 176 Å². The number of benzene rings is 1. The molecule has 30 heavy (non-hydrogen) atoms. The molecule has 1 amide bonds. The van der Waals surface area contributed by atoms with Gasteiger partial charge in [0.25, 0.3) is 5.91 Å². The van der Waals surface area contributed by atoms with Crippen molar-refractivity contribution in [1.82, 2.24) is 9.97 Å². The molecule has 0 bridgehead atoms. The highest BCUT2D eigenvalue weighted by Crippen LogP contribution is 2.29. The molecular weight excluding hydrogens is 376 g/mol. The number of carbonyl (C=O) groups excluding carboxylic acids is 1. The first kappa shape index (κ1) is 19.8. The van der Waals surface area contributed by atoms with Gasteiger partial charge in [-0.15, -0.1) is 0 Å². The van der Waals surface area contributed by atoms with Crippen molar-refractivity contribution in [2.24, 2.45) is 5.73 Å². The zero-order valence-corrected chi connectivity index (χ0v) is 17.0. The first-order valence-corrected chi connectivity index (χ1v) is 10.1. The van der Waals surface area contributed by atoms with Gasteiger partial charge in [0.2, 0.25) is 0 Å². The Balaban J connectivity index is 1.62. The number of aromatic nitrogens is 2. The molecule has 0 saturated carbocycles. The van der Waals surface area contributed by atoms with Crippen LogP contribution in [0.25, 0.3) is 11.3 Å². The van der Waals surface area contributed by atoms with E-state index in [-0.39, 0.29) is 17.6 Å². The van der Waals surface area contributed by atoms with Crippen LogP contribution in [-0.4, -0.2) is 35.0 Å². The normalized spacial score (nSPS) is 16.3. The minimum absolute atomic E-state index is 0.124. The number of hydrogen-bond donors (Lipinski definition) is 3. The summed E-state index contributed by atoms with van der Waals surface area (Å²) in [7, 11) is 0. The Bertz CT molecular complexity index is 1070. The van der Waals surface area contributed by atoms with Crippen LogP contribution in [0.15, 0.2) is 54.9 Å². The third-order valence-electron chi connectivity index (χ3n) is 5.41. The number of nitrogens with one attached hydrogen (secondary N) is 1. The molecule has 1 aliphatic heterocycles. The van der Waals surface area contributed by atoms with Crippen LogP contribution in [0, 0.1) is 6.92 Å². The molecule has 0 aliphatic carbocycles. The molecule has 1 fully saturated rings. The van der Waals surface area contributed by atoms with Gasteiger partial charge >= 0.3 is 0 Å². The van der Waals surface area contributed by atoms with E-state index in [1.54, 1.807) is 18.5 Å². The van der Waals surface area contributed by atoms with E-state index in [9.17, 15) is 4.79 Å². The van der Waals surface area contributed by atoms with Gasteiger partial charge in [0.05, 0.1) is 29.0 Å². The summed E-state index contributed by atoms with van der Waals surface area (Å²) in [5.41, 5.74) is 17.0. The molecule has 0 unspecified atom stereocenters. The van der Waals surface area contributed by atoms with Gasteiger partial charge in [-0.3, -0.25) is 9.78 Å². The number of aryl methyl sites for hydroxylation is 1. The first-order chi connectivity index (χ1) is 14.5. The monoisotopic (exact) mass is 402 g/mol. The third kappa shape index (κ3) is 4.11. The zero-order chi connectivity index (χ0) is 21.1. The second kappa shape index (κ2) is 8.51. The van der Waals surface area contributed by atoms with Crippen LogP contribution >= 0.6 is 0 Å². The maximum atomic E-state index is 13.1. The SMILES string of the molecule is Cc1ccccc1-c1ccc(N)c(C(=O)Nc2cnccc2N2CCC[C@H](N)C2)n1. The lowest BCUT2D eigenvalue weighted by Gasteiger charge is -2.33. The van der Waals surface area contributed by atoms with E-state index >= 15 is 0 Å². The number of rotatable bonds is 4. The van der Waals surface area contributed by atoms with Crippen LogP contribution in [0.1, 0.15) is 28.9 Å². The van der Waals surface area contributed by atoms with Crippen molar-refractivity contribution in [2.75, 3.05) is 29.0 Å². The molecule has 2 aromatic heterocycles. The van der Waals surface area contributed by atoms with E-state index in [4.69, 9.17) is 11.5 Å². The summed E-state index contributed by atoms with van der Waals surface area (Å²) in [6.07, 6.45) is 5.39. The van der Waals surface area contributed by atoms with E-state index in [2.05, 4.69) is 20.2 Å². The number of carbonyl (C=O) groups is 1. The lowest BCUT2D eigenvalue weighted by molar-refractivity contribution is 0.102. The average molecular weight is 403 g/mol. The Hall–Kier alpha value is -3.45. The molecule has 1 saturated heterocycles. The topological polar surface area (TPSA) is 110 Å². The number of pyridine rings is 2. The Morgan fingerprint density at radius 2 is 2.03 bits per heavy atom. The quantitative estimate of drug-likeness (QED) is 0.618. The van der Waals surface area contributed by atoms with Gasteiger partial charge in [-0.25, -0.2) is 4.98 Å². The average Bonchev–Trinajstić information content (AvgIpc) is 2.75. The van der Waals surface area contributed by atoms with Crippen molar-refractivity contribution >= 4 is 23.0 Å². The highest BCUT2D eigenvalue weighted by Gasteiger charge is 2.21. The van der Waals surface area contributed by atoms with E-state index in [0.717, 1.165) is 42.7 Å². The van der Waals surface area contributed by atoms with E-state index in [0.29, 0.717) is 17.1 Å². The maximum Gasteiger partial charge on any atom is 0.276 e.